The van der Waals surface area contributed by atoms with Crippen LogP contribution in [0.5, 0.6) is 0 Å². The standard InChI is InChI=1S/C16H25N3OS/c1-11-10-15(13(3)21-11)12(2)17-16(20)19-9-8-18-6-4-14(19)5-7-18/h10,12,14H,4-9H2,1-3H3,(H,17,20). The fourth-order valence-corrected chi connectivity index (χ4v) is 4.60. The molecule has 3 saturated heterocycles. The largest absolute Gasteiger partial charge is 0.331 e. The number of carbonyl (C=O) groups excluding carboxylic acids is 1. The van der Waals surface area contributed by atoms with Gasteiger partial charge in [-0.1, -0.05) is 0 Å². The number of rotatable bonds is 2. The van der Waals surface area contributed by atoms with Crippen molar-refractivity contribution in [2.75, 3.05) is 26.2 Å². The van der Waals surface area contributed by atoms with Crippen molar-refractivity contribution >= 4 is 17.4 Å². The molecule has 0 radical (unpaired) electrons. The Morgan fingerprint density at radius 2 is 2.00 bits per heavy atom. The second kappa shape index (κ2) is 5.97. The van der Waals surface area contributed by atoms with Crippen LogP contribution in [0.1, 0.15) is 41.1 Å². The molecule has 3 aliphatic heterocycles. The first-order chi connectivity index (χ1) is 10.0. The first-order valence-corrected chi connectivity index (χ1v) is 8.72. The maximum absolute atomic E-state index is 12.6. The van der Waals surface area contributed by atoms with E-state index in [0.29, 0.717) is 6.04 Å². The van der Waals surface area contributed by atoms with Crippen molar-refractivity contribution in [2.45, 2.75) is 45.7 Å². The van der Waals surface area contributed by atoms with Gasteiger partial charge in [-0.2, -0.15) is 0 Å². The van der Waals surface area contributed by atoms with E-state index in [1.165, 1.54) is 15.3 Å². The molecule has 2 amide bonds. The van der Waals surface area contributed by atoms with E-state index in [2.05, 4.69) is 42.0 Å². The van der Waals surface area contributed by atoms with E-state index in [-0.39, 0.29) is 12.1 Å². The van der Waals surface area contributed by atoms with Gasteiger partial charge < -0.3 is 15.1 Å². The molecule has 0 spiro atoms. The summed E-state index contributed by atoms with van der Waals surface area (Å²) in [5.74, 6) is 0. The number of amides is 2. The van der Waals surface area contributed by atoms with Crippen LogP contribution in [0.4, 0.5) is 4.79 Å². The van der Waals surface area contributed by atoms with Crippen LogP contribution in [-0.2, 0) is 0 Å². The maximum Gasteiger partial charge on any atom is 0.318 e. The normalized spacial score (nSPS) is 26.5. The van der Waals surface area contributed by atoms with Crippen LogP contribution in [-0.4, -0.2) is 48.1 Å². The zero-order valence-corrected chi connectivity index (χ0v) is 14.0. The lowest BCUT2D eigenvalue weighted by molar-refractivity contribution is 0.168. The molecule has 5 heteroatoms. The first-order valence-electron chi connectivity index (χ1n) is 7.91. The summed E-state index contributed by atoms with van der Waals surface area (Å²) in [6, 6.07) is 2.83. The predicted molar refractivity (Wildman–Crippen MR) is 86.9 cm³/mol. The molecule has 1 N–H and O–H groups in total. The third-order valence-corrected chi connectivity index (χ3v) is 5.78. The predicted octanol–water partition coefficient (Wildman–Crippen LogP) is 2.92. The van der Waals surface area contributed by atoms with Gasteiger partial charge in [-0.15, -0.1) is 11.3 Å². The van der Waals surface area contributed by atoms with Crippen LogP contribution >= 0.6 is 11.3 Å². The minimum Gasteiger partial charge on any atom is -0.331 e. The molecule has 4 heterocycles. The minimum atomic E-state index is 0.0863. The molecule has 0 aliphatic carbocycles. The molecule has 0 saturated carbocycles. The molecular weight excluding hydrogens is 282 g/mol. The van der Waals surface area contributed by atoms with Crippen LogP contribution in [0, 0.1) is 13.8 Å². The summed E-state index contributed by atoms with van der Waals surface area (Å²) in [6.45, 7) is 10.5. The molecule has 2 bridgehead atoms. The van der Waals surface area contributed by atoms with Gasteiger partial charge in [0.15, 0.2) is 0 Å². The lowest BCUT2D eigenvalue weighted by Crippen LogP contribution is -2.47. The van der Waals surface area contributed by atoms with Crippen molar-refractivity contribution in [3.8, 4) is 0 Å². The summed E-state index contributed by atoms with van der Waals surface area (Å²) in [4.78, 5) is 19.8. The monoisotopic (exact) mass is 307 g/mol. The van der Waals surface area contributed by atoms with Crippen molar-refractivity contribution in [1.82, 2.24) is 15.1 Å². The highest BCUT2D eigenvalue weighted by Gasteiger charge is 2.32. The Morgan fingerprint density at radius 3 is 2.62 bits per heavy atom. The summed E-state index contributed by atoms with van der Waals surface area (Å²) >= 11 is 1.80. The molecule has 3 fully saturated rings. The quantitative estimate of drug-likeness (QED) is 0.912. The number of carbonyl (C=O) groups is 1. The molecule has 0 aromatic carbocycles. The number of fused-ring (bicyclic) bond motifs is 4. The van der Waals surface area contributed by atoms with Crippen LogP contribution in [0.15, 0.2) is 6.07 Å². The molecular formula is C16H25N3OS. The Bertz CT molecular complexity index is 520. The Labute approximate surface area is 131 Å². The third kappa shape index (κ3) is 3.09. The van der Waals surface area contributed by atoms with Crippen LogP contribution in [0.3, 0.4) is 0 Å². The van der Waals surface area contributed by atoms with Crippen molar-refractivity contribution in [2.24, 2.45) is 0 Å². The molecule has 1 unspecified atom stereocenters. The summed E-state index contributed by atoms with van der Waals surface area (Å²) in [7, 11) is 0. The molecule has 1 aromatic rings. The Hall–Kier alpha value is -1.07. The van der Waals surface area contributed by atoms with E-state index in [9.17, 15) is 4.79 Å². The zero-order chi connectivity index (χ0) is 15.0. The van der Waals surface area contributed by atoms with Gasteiger partial charge in [0.05, 0.1) is 6.04 Å². The van der Waals surface area contributed by atoms with Crippen LogP contribution < -0.4 is 5.32 Å². The summed E-state index contributed by atoms with van der Waals surface area (Å²) in [6.07, 6.45) is 2.25. The number of nitrogens with zero attached hydrogens (tertiary/aromatic N) is 2. The van der Waals surface area contributed by atoms with Crippen LogP contribution in [0.25, 0.3) is 0 Å². The van der Waals surface area contributed by atoms with E-state index in [1.807, 2.05) is 0 Å². The Morgan fingerprint density at radius 1 is 1.29 bits per heavy atom. The average molecular weight is 307 g/mol. The van der Waals surface area contributed by atoms with Crippen molar-refractivity contribution in [3.63, 3.8) is 0 Å². The highest BCUT2D eigenvalue weighted by molar-refractivity contribution is 7.12. The van der Waals surface area contributed by atoms with Gasteiger partial charge >= 0.3 is 6.03 Å². The molecule has 116 valence electrons. The number of hydrogen-bond acceptors (Lipinski definition) is 3. The number of urea groups is 1. The second-order valence-corrected chi connectivity index (χ2v) is 7.77. The third-order valence-electron chi connectivity index (χ3n) is 4.80. The minimum absolute atomic E-state index is 0.0863. The van der Waals surface area contributed by atoms with E-state index in [0.717, 1.165) is 39.0 Å². The van der Waals surface area contributed by atoms with E-state index < -0.39 is 0 Å². The molecule has 1 aromatic heterocycles. The van der Waals surface area contributed by atoms with E-state index >= 15 is 0 Å². The smallest absolute Gasteiger partial charge is 0.318 e. The van der Waals surface area contributed by atoms with E-state index in [4.69, 9.17) is 0 Å². The summed E-state index contributed by atoms with van der Waals surface area (Å²) < 4.78 is 0. The Balaban J connectivity index is 1.66. The number of thiophene rings is 1. The van der Waals surface area contributed by atoms with Gasteiger partial charge in [-0.25, -0.2) is 4.79 Å². The number of aryl methyl sites for hydroxylation is 2. The molecule has 4 nitrogen and oxygen atoms in total. The lowest BCUT2D eigenvalue weighted by atomic mass is 10.1. The van der Waals surface area contributed by atoms with Gasteiger partial charge in [-0.3, -0.25) is 0 Å². The number of nitrogens with one attached hydrogen (secondary N) is 1. The van der Waals surface area contributed by atoms with Crippen LogP contribution in [0.2, 0.25) is 0 Å². The highest BCUT2D eigenvalue weighted by Crippen LogP contribution is 2.27. The topological polar surface area (TPSA) is 35.6 Å². The fraction of sp³-hybridized carbons (Fsp3) is 0.688. The SMILES string of the molecule is Cc1cc(C(C)NC(=O)N2CCN3CCC2CC3)c(C)s1. The lowest BCUT2D eigenvalue weighted by Gasteiger charge is -2.32. The van der Waals surface area contributed by atoms with Gasteiger partial charge in [0, 0.05) is 42.0 Å². The fourth-order valence-electron chi connectivity index (χ4n) is 3.58. The molecule has 3 aliphatic rings. The van der Waals surface area contributed by atoms with Crippen molar-refractivity contribution in [1.29, 1.82) is 0 Å². The summed E-state index contributed by atoms with van der Waals surface area (Å²) in [5.41, 5.74) is 1.26. The van der Waals surface area contributed by atoms with Gasteiger partial charge in [0.2, 0.25) is 0 Å². The molecule has 1 atom stereocenters. The average Bonchev–Trinajstić information content (AvgIpc) is 2.65. The van der Waals surface area contributed by atoms with E-state index in [1.54, 1.807) is 11.3 Å². The molecule has 21 heavy (non-hydrogen) atoms. The first kappa shape index (κ1) is 14.9. The van der Waals surface area contributed by atoms with Gasteiger partial charge in [0.1, 0.15) is 0 Å². The zero-order valence-electron chi connectivity index (χ0n) is 13.2. The van der Waals surface area contributed by atoms with Gasteiger partial charge in [-0.05, 0) is 45.2 Å². The second-order valence-electron chi connectivity index (χ2n) is 6.31. The van der Waals surface area contributed by atoms with Crippen molar-refractivity contribution in [3.05, 3.63) is 21.4 Å². The highest BCUT2D eigenvalue weighted by atomic mass is 32.1. The number of piperidine rings is 1. The molecule has 4 rings (SSSR count). The van der Waals surface area contributed by atoms with Crippen molar-refractivity contribution < 1.29 is 4.79 Å². The maximum atomic E-state index is 12.6. The summed E-state index contributed by atoms with van der Waals surface area (Å²) in [5, 5.41) is 3.21. The number of hydrogen-bond donors (Lipinski definition) is 1. The Kier molecular flexibility index (Phi) is 4.22. The van der Waals surface area contributed by atoms with Gasteiger partial charge in [0.25, 0.3) is 0 Å².